The number of nitrogens with one attached hydrogen (secondary N) is 1. The predicted octanol–water partition coefficient (Wildman–Crippen LogP) is 4.73. The molecule has 0 atom stereocenters. The normalized spacial score (nSPS) is 11.0. The molecular weight excluding hydrogens is 400 g/mol. The molecule has 2 aromatic carbocycles. The molecule has 9 heteroatoms. The minimum Gasteiger partial charge on any atom is -0.431 e. The molecule has 0 aliphatic rings. The van der Waals surface area contributed by atoms with Crippen LogP contribution >= 0.6 is 23.4 Å². The molecule has 142 valence electrons. The van der Waals surface area contributed by atoms with Crippen molar-refractivity contribution in [1.29, 1.82) is 0 Å². The van der Waals surface area contributed by atoms with Crippen molar-refractivity contribution in [3.05, 3.63) is 65.3 Å². The van der Waals surface area contributed by atoms with E-state index in [4.69, 9.17) is 20.5 Å². The summed E-state index contributed by atoms with van der Waals surface area (Å²) in [5.74, 6) is 1.22. The van der Waals surface area contributed by atoms with Crippen molar-refractivity contribution in [3.8, 4) is 0 Å². The first-order valence-corrected chi connectivity index (χ1v) is 9.88. The summed E-state index contributed by atoms with van der Waals surface area (Å²) in [6.07, 6.45) is 0.558. The van der Waals surface area contributed by atoms with Gasteiger partial charge in [0.25, 0.3) is 5.22 Å². The van der Waals surface area contributed by atoms with Gasteiger partial charge in [-0.1, -0.05) is 52.8 Å². The summed E-state index contributed by atoms with van der Waals surface area (Å²) in [4.78, 5) is 20.7. The summed E-state index contributed by atoms with van der Waals surface area (Å²) < 4.78 is 10.8. The van der Waals surface area contributed by atoms with E-state index in [2.05, 4.69) is 20.4 Å². The van der Waals surface area contributed by atoms with Crippen LogP contribution in [0.1, 0.15) is 18.1 Å². The molecular formula is C19H15ClN4O3S. The number of para-hydroxylation sites is 3. The average molecular weight is 415 g/mol. The van der Waals surface area contributed by atoms with Crippen LogP contribution in [0, 0.1) is 0 Å². The molecule has 0 aliphatic heterocycles. The number of oxazole rings is 1. The van der Waals surface area contributed by atoms with E-state index in [1.165, 1.54) is 11.8 Å². The first-order valence-electron chi connectivity index (χ1n) is 8.51. The lowest BCUT2D eigenvalue weighted by molar-refractivity contribution is -0.116. The molecule has 1 amide bonds. The third-order valence-electron chi connectivity index (χ3n) is 3.82. The van der Waals surface area contributed by atoms with Crippen molar-refractivity contribution >= 4 is 46.1 Å². The van der Waals surface area contributed by atoms with Crippen LogP contribution in [-0.2, 0) is 17.0 Å². The summed E-state index contributed by atoms with van der Waals surface area (Å²) in [6, 6.07) is 14.6. The number of nitrogens with zero attached hydrogens (tertiary/aromatic N) is 3. The maximum Gasteiger partial charge on any atom is 0.257 e. The molecule has 0 spiro atoms. The van der Waals surface area contributed by atoms with E-state index in [1.54, 1.807) is 24.3 Å². The Hall–Kier alpha value is -2.84. The highest BCUT2D eigenvalue weighted by molar-refractivity contribution is 7.98. The van der Waals surface area contributed by atoms with Crippen LogP contribution in [0.15, 0.2) is 62.7 Å². The molecule has 2 heterocycles. The molecule has 7 nitrogen and oxygen atoms in total. The first kappa shape index (κ1) is 18.5. The molecule has 0 saturated heterocycles. The van der Waals surface area contributed by atoms with Crippen LogP contribution in [0.4, 0.5) is 5.69 Å². The number of hydrogen-bond acceptors (Lipinski definition) is 7. The Balaban J connectivity index is 1.28. The van der Waals surface area contributed by atoms with E-state index in [1.807, 2.05) is 24.3 Å². The Morgan fingerprint density at radius 2 is 1.93 bits per heavy atom. The van der Waals surface area contributed by atoms with Crippen molar-refractivity contribution in [2.45, 2.75) is 23.8 Å². The lowest BCUT2D eigenvalue weighted by Gasteiger charge is -2.05. The third kappa shape index (κ3) is 4.52. The van der Waals surface area contributed by atoms with Crippen LogP contribution in [0.5, 0.6) is 0 Å². The molecule has 2 aromatic heterocycles. The summed E-state index contributed by atoms with van der Waals surface area (Å²) in [5, 5.41) is 7.73. The molecule has 0 fully saturated rings. The number of anilines is 1. The number of carbonyl (C=O) groups is 1. The van der Waals surface area contributed by atoms with Gasteiger partial charge in [-0.2, -0.15) is 4.98 Å². The van der Waals surface area contributed by atoms with E-state index < -0.39 is 0 Å². The van der Waals surface area contributed by atoms with Gasteiger partial charge in [0.15, 0.2) is 11.4 Å². The van der Waals surface area contributed by atoms with E-state index in [-0.39, 0.29) is 12.3 Å². The Morgan fingerprint density at radius 1 is 1.11 bits per heavy atom. The monoisotopic (exact) mass is 414 g/mol. The fourth-order valence-corrected chi connectivity index (χ4v) is 3.35. The fraction of sp³-hybridized carbons (Fsp3) is 0.158. The highest BCUT2D eigenvalue weighted by atomic mass is 35.5. The molecule has 0 aliphatic carbocycles. The number of benzene rings is 2. The van der Waals surface area contributed by atoms with Gasteiger partial charge in [0.2, 0.25) is 11.8 Å². The van der Waals surface area contributed by atoms with E-state index in [9.17, 15) is 4.79 Å². The van der Waals surface area contributed by atoms with Gasteiger partial charge in [0, 0.05) is 12.8 Å². The quantitative estimate of drug-likeness (QED) is 0.437. The Morgan fingerprint density at radius 3 is 2.79 bits per heavy atom. The maximum absolute atomic E-state index is 12.1. The van der Waals surface area contributed by atoms with Gasteiger partial charge in [-0.25, -0.2) is 4.98 Å². The first-order chi connectivity index (χ1) is 13.7. The van der Waals surface area contributed by atoms with Crippen LogP contribution in [0.25, 0.3) is 11.1 Å². The number of fused-ring (bicyclic) bond motifs is 1. The topological polar surface area (TPSA) is 94.0 Å². The Kier molecular flexibility index (Phi) is 5.59. The predicted molar refractivity (Wildman–Crippen MR) is 106 cm³/mol. The molecule has 0 unspecified atom stereocenters. The lowest BCUT2D eigenvalue weighted by atomic mass is 10.2. The van der Waals surface area contributed by atoms with Crippen LogP contribution in [-0.4, -0.2) is 21.0 Å². The van der Waals surface area contributed by atoms with Crippen LogP contribution < -0.4 is 5.32 Å². The SMILES string of the molecule is O=C(CCc1nc(CSc2nc3ccccc3o2)no1)Nc1ccccc1Cl. The fourth-order valence-electron chi connectivity index (χ4n) is 2.49. The molecule has 1 N–H and O–H groups in total. The second-order valence-electron chi connectivity index (χ2n) is 5.87. The van der Waals surface area contributed by atoms with Gasteiger partial charge in [-0.3, -0.25) is 4.79 Å². The minimum atomic E-state index is -0.172. The van der Waals surface area contributed by atoms with Crippen molar-refractivity contribution < 1.29 is 13.7 Å². The number of aromatic nitrogens is 3. The Labute approximate surface area is 169 Å². The molecule has 0 saturated carbocycles. The maximum atomic E-state index is 12.1. The van der Waals surface area contributed by atoms with E-state index in [0.717, 1.165) is 11.1 Å². The summed E-state index contributed by atoms with van der Waals surface area (Å²) in [5.41, 5.74) is 2.13. The highest BCUT2D eigenvalue weighted by Gasteiger charge is 2.12. The standard InChI is InChI=1S/C19H15ClN4O3S/c20-12-5-1-2-6-13(12)21-17(25)9-10-18-23-16(24-27-18)11-28-19-22-14-7-3-4-8-15(14)26-19/h1-8H,9-11H2,(H,21,25). The Bertz CT molecular complexity index is 1080. The van der Waals surface area contributed by atoms with E-state index >= 15 is 0 Å². The number of halogens is 1. The summed E-state index contributed by atoms with van der Waals surface area (Å²) >= 11 is 7.41. The highest BCUT2D eigenvalue weighted by Crippen LogP contribution is 2.25. The zero-order chi connectivity index (χ0) is 19.3. The zero-order valence-electron chi connectivity index (χ0n) is 14.6. The second kappa shape index (κ2) is 8.45. The van der Waals surface area contributed by atoms with Crippen molar-refractivity contribution in [1.82, 2.24) is 15.1 Å². The largest absolute Gasteiger partial charge is 0.431 e. The third-order valence-corrected chi connectivity index (χ3v) is 4.98. The zero-order valence-corrected chi connectivity index (χ0v) is 16.2. The molecule has 4 rings (SSSR count). The molecule has 28 heavy (non-hydrogen) atoms. The van der Waals surface area contributed by atoms with E-state index in [0.29, 0.717) is 39.8 Å². The van der Waals surface area contributed by atoms with Gasteiger partial charge in [0.1, 0.15) is 5.52 Å². The van der Waals surface area contributed by atoms with Crippen molar-refractivity contribution in [2.24, 2.45) is 0 Å². The minimum absolute atomic E-state index is 0.172. The summed E-state index contributed by atoms with van der Waals surface area (Å²) in [7, 11) is 0. The number of aryl methyl sites for hydroxylation is 1. The lowest BCUT2D eigenvalue weighted by Crippen LogP contribution is -2.12. The number of thioether (sulfide) groups is 1. The summed E-state index contributed by atoms with van der Waals surface area (Å²) in [6.45, 7) is 0. The van der Waals surface area contributed by atoms with Crippen molar-refractivity contribution in [3.63, 3.8) is 0 Å². The number of amides is 1. The van der Waals surface area contributed by atoms with Gasteiger partial charge in [-0.05, 0) is 24.3 Å². The second-order valence-corrected chi connectivity index (χ2v) is 7.20. The number of carbonyl (C=O) groups excluding carboxylic acids is 1. The number of rotatable bonds is 7. The molecule has 4 aromatic rings. The smallest absolute Gasteiger partial charge is 0.257 e. The van der Waals surface area contributed by atoms with Gasteiger partial charge >= 0.3 is 0 Å². The molecule has 0 bridgehead atoms. The van der Waals surface area contributed by atoms with Crippen LogP contribution in [0.2, 0.25) is 5.02 Å². The van der Waals surface area contributed by atoms with Gasteiger partial charge in [0.05, 0.1) is 16.5 Å². The average Bonchev–Trinajstić information content (AvgIpc) is 3.33. The van der Waals surface area contributed by atoms with Crippen molar-refractivity contribution in [2.75, 3.05) is 5.32 Å². The molecule has 0 radical (unpaired) electrons. The van der Waals surface area contributed by atoms with Gasteiger partial charge in [-0.15, -0.1) is 0 Å². The van der Waals surface area contributed by atoms with Crippen LogP contribution in [0.3, 0.4) is 0 Å². The number of hydrogen-bond donors (Lipinski definition) is 1. The van der Waals surface area contributed by atoms with Gasteiger partial charge < -0.3 is 14.3 Å².